The summed E-state index contributed by atoms with van der Waals surface area (Å²) in [5.74, 6) is 1.68. The molecule has 0 aliphatic heterocycles. The highest BCUT2D eigenvalue weighted by Crippen LogP contribution is 2.29. The van der Waals surface area contributed by atoms with Crippen LogP contribution in [0.3, 0.4) is 0 Å². The van der Waals surface area contributed by atoms with Crippen molar-refractivity contribution in [3.05, 3.63) is 65.5 Å². The molecule has 2 N–H and O–H groups in total. The molecular weight excluding hydrogens is 266 g/mol. The molecular formula is C17H15NOS. The molecule has 3 aromatic rings. The van der Waals surface area contributed by atoms with Crippen molar-refractivity contribution in [3.63, 3.8) is 0 Å². The van der Waals surface area contributed by atoms with Crippen molar-refractivity contribution in [2.24, 2.45) is 0 Å². The third-order valence-corrected chi connectivity index (χ3v) is 3.83. The normalized spacial score (nSPS) is 10.4. The second-order valence-corrected chi connectivity index (χ2v) is 5.62. The Morgan fingerprint density at radius 3 is 2.00 bits per heavy atom. The topological polar surface area (TPSA) is 35.2 Å². The van der Waals surface area contributed by atoms with Crippen molar-refractivity contribution in [1.82, 2.24) is 0 Å². The molecule has 2 nitrogen and oxygen atoms in total. The molecule has 2 aromatic carbocycles. The van der Waals surface area contributed by atoms with Crippen molar-refractivity contribution in [3.8, 4) is 22.6 Å². The second-order valence-electron chi connectivity index (χ2n) is 4.68. The number of aryl methyl sites for hydroxylation is 1. The molecule has 0 aliphatic rings. The van der Waals surface area contributed by atoms with Gasteiger partial charge >= 0.3 is 0 Å². The van der Waals surface area contributed by atoms with Crippen LogP contribution in [0, 0.1) is 6.92 Å². The first-order chi connectivity index (χ1) is 9.70. The van der Waals surface area contributed by atoms with E-state index < -0.39 is 0 Å². The number of hydrogen-bond donors (Lipinski definition) is 1. The van der Waals surface area contributed by atoms with Gasteiger partial charge in [0.15, 0.2) is 0 Å². The predicted octanol–water partition coefficient (Wildman–Crippen LogP) is 5.10. The van der Waals surface area contributed by atoms with E-state index in [4.69, 9.17) is 10.5 Å². The van der Waals surface area contributed by atoms with Gasteiger partial charge in [-0.15, -0.1) is 11.3 Å². The van der Waals surface area contributed by atoms with E-state index in [2.05, 4.69) is 12.3 Å². The molecule has 0 saturated heterocycles. The van der Waals surface area contributed by atoms with Crippen LogP contribution in [0.2, 0.25) is 0 Å². The highest BCUT2D eigenvalue weighted by atomic mass is 32.1. The van der Waals surface area contributed by atoms with Gasteiger partial charge in [0.05, 0.1) is 5.00 Å². The molecule has 0 atom stereocenters. The molecule has 0 fully saturated rings. The smallest absolute Gasteiger partial charge is 0.127 e. The molecule has 0 spiro atoms. The minimum Gasteiger partial charge on any atom is -0.457 e. The summed E-state index contributed by atoms with van der Waals surface area (Å²) in [5.41, 5.74) is 9.27. The van der Waals surface area contributed by atoms with Crippen LogP contribution < -0.4 is 10.5 Å². The van der Waals surface area contributed by atoms with E-state index in [0.717, 1.165) is 27.6 Å². The Labute approximate surface area is 122 Å². The van der Waals surface area contributed by atoms with Crippen molar-refractivity contribution in [2.75, 3.05) is 5.73 Å². The van der Waals surface area contributed by atoms with Crippen molar-refractivity contribution >= 4 is 16.3 Å². The van der Waals surface area contributed by atoms with E-state index in [1.807, 2.05) is 54.6 Å². The molecule has 0 amide bonds. The number of rotatable bonds is 3. The summed E-state index contributed by atoms with van der Waals surface area (Å²) < 4.78 is 5.81. The van der Waals surface area contributed by atoms with E-state index in [-0.39, 0.29) is 0 Å². The summed E-state index contributed by atoms with van der Waals surface area (Å²) in [5, 5.41) is 2.89. The molecule has 0 radical (unpaired) electrons. The second kappa shape index (κ2) is 5.39. The lowest BCUT2D eigenvalue weighted by Crippen LogP contribution is -1.84. The fraction of sp³-hybridized carbons (Fsp3) is 0.0588. The molecule has 3 heteroatoms. The number of benzene rings is 2. The predicted molar refractivity (Wildman–Crippen MR) is 85.4 cm³/mol. The van der Waals surface area contributed by atoms with Gasteiger partial charge in [0, 0.05) is 5.38 Å². The standard InChI is InChI=1S/C17H15NOS/c1-12-2-6-15(7-3-12)19-16-8-4-13(5-9-16)14-10-17(18)20-11-14/h2-11H,18H2,1H3. The van der Waals surface area contributed by atoms with Gasteiger partial charge in [-0.25, -0.2) is 0 Å². The number of ether oxygens (including phenoxy) is 1. The molecule has 1 heterocycles. The zero-order valence-electron chi connectivity index (χ0n) is 11.2. The van der Waals surface area contributed by atoms with Gasteiger partial charge in [0.2, 0.25) is 0 Å². The zero-order chi connectivity index (χ0) is 13.9. The van der Waals surface area contributed by atoms with Crippen LogP contribution in [0.15, 0.2) is 60.0 Å². The summed E-state index contributed by atoms with van der Waals surface area (Å²) in [6, 6.07) is 18.1. The molecule has 0 aliphatic carbocycles. The fourth-order valence-corrected chi connectivity index (χ4v) is 2.62. The Morgan fingerprint density at radius 1 is 0.850 bits per heavy atom. The van der Waals surface area contributed by atoms with Gasteiger partial charge < -0.3 is 10.5 Å². The summed E-state index contributed by atoms with van der Waals surface area (Å²) in [4.78, 5) is 0. The lowest BCUT2D eigenvalue weighted by atomic mass is 10.1. The van der Waals surface area contributed by atoms with Gasteiger partial charge in [-0.1, -0.05) is 29.8 Å². The first kappa shape index (κ1) is 12.8. The van der Waals surface area contributed by atoms with Crippen LogP contribution in [0.1, 0.15) is 5.56 Å². The Hall–Kier alpha value is -2.26. The Bertz CT molecular complexity index is 699. The van der Waals surface area contributed by atoms with E-state index in [0.29, 0.717) is 0 Å². The zero-order valence-corrected chi connectivity index (χ0v) is 12.0. The summed E-state index contributed by atoms with van der Waals surface area (Å²) in [6.07, 6.45) is 0. The first-order valence-corrected chi connectivity index (χ1v) is 7.28. The van der Waals surface area contributed by atoms with Crippen molar-refractivity contribution < 1.29 is 4.74 Å². The molecule has 0 bridgehead atoms. The van der Waals surface area contributed by atoms with E-state index in [1.165, 1.54) is 5.56 Å². The van der Waals surface area contributed by atoms with Crippen LogP contribution in [-0.2, 0) is 0 Å². The van der Waals surface area contributed by atoms with Gasteiger partial charge in [-0.3, -0.25) is 0 Å². The third kappa shape index (κ3) is 2.83. The van der Waals surface area contributed by atoms with Crippen LogP contribution in [0.5, 0.6) is 11.5 Å². The first-order valence-electron chi connectivity index (χ1n) is 6.40. The van der Waals surface area contributed by atoms with Crippen molar-refractivity contribution in [2.45, 2.75) is 6.92 Å². The lowest BCUT2D eigenvalue weighted by molar-refractivity contribution is 0.482. The number of anilines is 1. The molecule has 0 unspecified atom stereocenters. The summed E-state index contributed by atoms with van der Waals surface area (Å²) in [6.45, 7) is 2.06. The quantitative estimate of drug-likeness (QED) is 0.725. The van der Waals surface area contributed by atoms with Gasteiger partial charge in [-0.05, 0) is 48.4 Å². The number of hydrogen-bond acceptors (Lipinski definition) is 3. The van der Waals surface area contributed by atoms with Gasteiger partial charge in [0.25, 0.3) is 0 Å². The molecule has 0 saturated carbocycles. The van der Waals surface area contributed by atoms with Crippen LogP contribution >= 0.6 is 11.3 Å². The molecule has 20 heavy (non-hydrogen) atoms. The lowest BCUT2D eigenvalue weighted by Gasteiger charge is -2.06. The van der Waals surface area contributed by atoms with Crippen LogP contribution in [0.4, 0.5) is 5.00 Å². The van der Waals surface area contributed by atoms with Crippen LogP contribution in [-0.4, -0.2) is 0 Å². The highest BCUT2D eigenvalue weighted by Gasteiger charge is 2.02. The Morgan fingerprint density at radius 2 is 1.45 bits per heavy atom. The number of nitrogen functional groups attached to an aromatic ring is 1. The highest BCUT2D eigenvalue weighted by molar-refractivity contribution is 7.14. The van der Waals surface area contributed by atoms with E-state index in [9.17, 15) is 0 Å². The molecule has 1 aromatic heterocycles. The maximum atomic E-state index is 5.81. The number of thiophene rings is 1. The van der Waals surface area contributed by atoms with E-state index >= 15 is 0 Å². The fourth-order valence-electron chi connectivity index (χ4n) is 1.96. The monoisotopic (exact) mass is 281 g/mol. The number of nitrogens with two attached hydrogens (primary N) is 1. The average molecular weight is 281 g/mol. The maximum Gasteiger partial charge on any atom is 0.127 e. The Balaban J connectivity index is 1.77. The van der Waals surface area contributed by atoms with Gasteiger partial charge in [-0.2, -0.15) is 0 Å². The van der Waals surface area contributed by atoms with E-state index in [1.54, 1.807) is 11.3 Å². The van der Waals surface area contributed by atoms with Crippen molar-refractivity contribution in [1.29, 1.82) is 0 Å². The average Bonchev–Trinajstić information content (AvgIpc) is 2.89. The SMILES string of the molecule is Cc1ccc(Oc2ccc(-c3csc(N)c3)cc2)cc1. The minimum atomic E-state index is 0.833. The molecule has 3 rings (SSSR count). The minimum absolute atomic E-state index is 0.833. The maximum absolute atomic E-state index is 5.81. The summed E-state index contributed by atoms with van der Waals surface area (Å²) in [7, 11) is 0. The molecule has 100 valence electrons. The van der Waals surface area contributed by atoms with Gasteiger partial charge in [0.1, 0.15) is 11.5 Å². The largest absolute Gasteiger partial charge is 0.457 e. The Kier molecular flexibility index (Phi) is 3.44. The third-order valence-electron chi connectivity index (χ3n) is 3.06. The summed E-state index contributed by atoms with van der Waals surface area (Å²) >= 11 is 1.55. The van der Waals surface area contributed by atoms with Crippen LogP contribution in [0.25, 0.3) is 11.1 Å².